The number of aryl methyl sites for hydroxylation is 1. The molecule has 1 amide bonds. The number of hydrogen-bond acceptors (Lipinski definition) is 5. The van der Waals surface area contributed by atoms with Gasteiger partial charge in [-0.15, -0.1) is 0 Å². The average molecular weight is 315 g/mol. The van der Waals surface area contributed by atoms with Gasteiger partial charge in [0.1, 0.15) is 10.8 Å². The van der Waals surface area contributed by atoms with Crippen molar-refractivity contribution < 1.29 is 19.7 Å². The van der Waals surface area contributed by atoms with E-state index >= 15 is 0 Å². The van der Waals surface area contributed by atoms with Gasteiger partial charge in [0.05, 0.1) is 11.3 Å². The molecule has 21 heavy (non-hydrogen) atoms. The highest BCUT2D eigenvalue weighted by Gasteiger charge is 2.45. The summed E-state index contributed by atoms with van der Waals surface area (Å²) in [6.07, 6.45) is -0.411. The van der Waals surface area contributed by atoms with E-state index < -0.39 is 17.6 Å². The van der Waals surface area contributed by atoms with Gasteiger partial charge < -0.3 is 14.9 Å². The monoisotopic (exact) mass is 314 g/mol. The maximum Gasteiger partial charge on any atom is 0.414 e. The van der Waals surface area contributed by atoms with Crippen LogP contribution in [0.25, 0.3) is 0 Å². The molecule has 0 bridgehead atoms. The Morgan fingerprint density at radius 1 is 1.48 bits per heavy atom. The van der Waals surface area contributed by atoms with Crippen molar-refractivity contribution in [2.24, 2.45) is 0 Å². The van der Waals surface area contributed by atoms with Crippen LogP contribution in [-0.4, -0.2) is 38.3 Å². The second-order valence-electron chi connectivity index (χ2n) is 6.10. The summed E-state index contributed by atoms with van der Waals surface area (Å²) in [6, 6.07) is 1.53. The Balaban J connectivity index is 2.40. The Hall–Kier alpha value is -1.37. The van der Waals surface area contributed by atoms with Gasteiger partial charge in [0.25, 0.3) is 5.91 Å². The first-order valence-corrected chi connectivity index (χ1v) is 7.02. The molecule has 0 fully saturated rings. The van der Waals surface area contributed by atoms with Crippen LogP contribution in [0, 0.1) is 6.92 Å². The van der Waals surface area contributed by atoms with E-state index in [9.17, 15) is 15.0 Å². The maximum absolute atomic E-state index is 12.2. The summed E-state index contributed by atoms with van der Waals surface area (Å²) in [7, 11) is 0. The summed E-state index contributed by atoms with van der Waals surface area (Å²) in [6.45, 7) is 6.91. The minimum Gasteiger partial charge on any atom is -0.444 e. The van der Waals surface area contributed by atoms with Gasteiger partial charge in [-0.1, -0.05) is 11.6 Å². The standard InChI is InChI=1S/C14H19ClN2O4/c1-8-7-10(15)16-9-5-6-17(14(19,20)11(8)9)12(18)21-13(2,3)4/h7,19-20H,5-6H2,1-4H3. The highest BCUT2D eigenvalue weighted by atomic mass is 35.5. The van der Waals surface area contributed by atoms with Crippen molar-refractivity contribution in [3.05, 3.63) is 28.0 Å². The summed E-state index contributed by atoms with van der Waals surface area (Å²) >= 11 is 5.88. The van der Waals surface area contributed by atoms with E-state index in [4.69, 9.17) is 16.3 Å². The highest BCUT2D eigenvalue weighted by molar-refractivity contribution is 6.29. The van der Waals surface area contributed by atoms with Gasteiger partial charge >= 0.3 is 6.09 Å². The molecule has 1 aliphatic heterocycles. The Morgan fingerprint density at radius 2 is 2.10 bits per heavy atom. The molecule has 2 rings (SSSR count). The number of carbonyl (C=O) groups is 1. The number of carbonyl (C=O) groups excluding carboxylic acids is 1. The van der Waals surface area contributed by atoms with E-state index in [1.807, 2.05) is 0 Å². The zero-order chi connectivity index (χ0) is 16.0. The molecule has 0 radical (unpaired) electrons. The third-order valence-corrected chi connectivity index (χ3v) is 3.35. The molecular formula is C14H19ClN2O4. The van der Waals surface area contributed by atoms with Crippen LogP contribution in [0.1, 0.15) is 37.6 Å². The topological polar surface area (TPSA) is 82.9 Å². The number of hydrogen-bond donors (Lipinski definition) is 2. The Morgan fingerprint density at radius 3 is 2.67 bits per heavy atom. The fraction of sp³-hybridized carbons (Fsp3) is 0.571. The molecule has 6 nitrogen and oxygen atoms in total. The van der Waals surface area contributed by atoms with Gasteiger partial charge in [0.2, 0.25) is 0 Å². The van der Waals surface area contributed by atoms with Crippen molar-refractivity contribution in [2.75, 3.05) is 6.54 Å². The molecule has 7 heteroatoms. The van der Waals surface area contributed by atoms with Crippen molar-refractivity contribution in [1.29, 1.82) is 0 Å². The molecule has 0 spiro atoms. The molecule has 0 aromatic carbocycles. The van der Waals surface area contributed by atoms with Crippen molar-refractivity contribution in [1.82, 2.24) is 9.88 Å². The molecule has 116 valence electrons. The minimum atomic E-state index is -2.46. The molecule has 1 aromatic rings. The van der Waals surface area contributed by atoms with Crippen LogP contribution in [0.5, 0.6) is 0 Å². The van der Waals surface area contributed by atoms with Gasteiger partial charge in [-0.05, 0) is 39.3 Å². The van der Waals surface area contributed by atoms with Gasteiger partial charge in [-0.3, -0.25) is 4.90 Å². The Bertz CT molecular complexity index is 581. The van der Waals surface area contributed by atoms with E-state index in [1.54, 1.807) is 27.7 Å². The van der Waals surface area contributed by atoms with Gasteiger partial charge in [0.15, 0.2) is 0 Å². The molecule has 0 saturated carbocycles. The van der Waals surface area contributed by atoms with Crippen LogP contribution in [-0.2, 0) is 17.1 Å². The van der Waals surface area contributed by atoms with Crippen LogP contribution in [0.2, 0.25) is 5.15 Å². The second-order valence-corrected chi connectivity index (χ2v) is 6.49. The zero-order valence-electron chi connectivity index (χ0n) is 12.5. The van der Waals surface area contributed by atoms with E-state index in [1.165, 1.54) is 6.07 Å². The number of amides is 1. The lowest BCUT2D eigenvalue weighted by molar-refractivity contribution is -0.267. The molecule has 2 N–H and O–H groups in total. The zero-order valence-corrected chi connectivity index (χ0v) is 13.2. The van der Waals surface area contributed by atoms with E-state index in [2.05, 4.69) is 4.98 Å². The number of ether oxygens (including phenoxy) is 1. The number of fused-ring (bicyclic) bond motifs is 1. The number of aliphatic hydroxyl groups is 2. The van der Waals surface area contributed by atoms with Crippen LogP contribution >= 0.6 is 11.6 Å². The van der Waals surface area contributed by atoms with Crippen LogP contribution < -0.4 is 0 Å². The van der Waals surface area contributed by atoms with Gasteiger partial charge in [-0.2, -0.15) is 0 Å². The molecular weight excluding hydrogens is 296 g/mol. The van der Waals surface area contributed by atoms with Crippen molar-refractivity contribution in [2.45, 2.75) is 45.6 Å². The third kappa shape index (κ3) is 3.12. The number of pyridine rings is 1. The highest BCUT2D eigenvalue weighted by Crippen LogP contribution is 2.34. The first-order valence-electron chi connectivity index (χ1n) is 6.64. The molecule has 0 atom stereocenters. The summed E-state index contributed by atoms with van der Waals surface area (Å²) in [5.74, 6) is -2.46. The van der Waals surface area contributed by atoms with Crippen LogP contribution in [0.15, 0.2) is 6.07 Å². The molecule has 0 aliphatic carbocycles. The smallest absolute Gasteiger partial charge is 0.414 e. The lowest BCUT2D eigenvalue weighted by Gasteiger charge is -2.40. The fourth-order valence-corrected chi connectivity index (χ4v) is 2.64. The maximum atomic E-state index is 12.2. The summed E-state index contributed by atoms with van der Waals surface area (Å²) in [5, 5.41) is 21.1. The van der Waals surface area contributed by atoms with Crippen molar-refractivity contribution >= 4 is 17.7 Å². The largest absolute Gasteiger partial charge is 0.444 e. The predicted octanol–water partition coefficient (Wildman–Crippen LogP) is 1.93. The van der Waals surface area contributed by atoms with Crippen LogP contribution in [0.3, 0.4) is 0 Å². The SMILES string of the molecule is Cc1cc(Cl)nc2c1C(O)(O)N(C(=O)OC(C)(C)C)CC2. The summed E-state index contributed by atoms with van der Waals surface area (Å²) in [4.78, 5) is 17.2. The average Bonchev–Trinajstić information content (AvgIpc) is 2.23. The van der Waals surface area contributed by atoms with E-state index in [0.717, 1.165) is 4.90 Å². The molecule has 0 saturated heterocycles. The molecule has 2 heterocycles. The van der Waals surface area contributed by atoms with Crippen molar-refractivity contribution in [3.63, 3.8) is 0 Å². The first-order chi connectivity index (χ1) is 9.52. The predicted molar refractivity (Wildman–Crippen MR) is 76.7 cm³/mol. The number of rotatable bonds is 0. The molecule has 1 aliphatic rings. The lowest BCUT2D eigenvalue weighted by atomic mass is 9.97. The number of nitrogens with zero attached hydrogens (tertiary/aromatic N) is 2. The van der Waals surface area contributed by atoms with E-state index in [0.29, 0.717) is 17.7 Å². The number of halogens is 1. The number of aromatic nitrogens is 1. The normalized spacial score (nSPS) is 17.4. The summed E-state index contributed by atoms with van der Waals surface area (Å²) in [5.41, 5.74) is 0.498. The Kier molecular flexibility index (Phi) is 3.90. The van der Waals surface area contributed by atoms with Gasteiger partial charge in [-0.25, -0.2) is 9.78 Å². The van der Waals surface area contributed by atoms with Crippen molar-refractivity contribution in [3.8, 4) is 0 Å². The summed E-state index contributed by atoms with van der Waals surface area (Å²) < 4.78 is 5.21. The second kappa shape index (κ2) is 5.12. The molecule has 1 aromatic heterocycles. The van der Waals surface area contributed by atoms with E-state index in [-0.39, 0.29) is 17.3 Å². The quantitative estimate of drug-likeness (QED) is 0.565. The molecule has 0 unspecified atom stereocenters. The third-order valence-electron chi connectivity index (χ3n) is 3.16. The lowest BCUT2D eigenvalue weighted by Crippen LogP contribution is -2.55. The minimum absolute atomic E-state index is 0.0850. The fourth-order valence-electron chi connectivity index (χ4n) is 2.38. The van der Waals surface area contributed by atoms with Gasteiger partial charge in [0, 0.05) is 13.0 Å². The van der Waals surface area contributed by atoms with Crippen LogP contribution in [0.4, 0.5) is 4.79 Å². The first kappa shape index (κ1) is 16.0. The Labute approximate surface area is 128 Å².